The number of nitriles is 1. The molecule has 0 aliphatic carbocycles. The lowest BCUT2D eigenvalue weighted by atomic mass is 9.98. The molecular formula is C26H26N2O3. The van der Waals surface area contributed by atoms with Crippen LogP contribution in [0.15, 0.2) is 84.0 Å². The summed E-state index contributed by atoms with van der Waals surface area (Å²) >= 11 is 0. The van der Waals surface area contributed by atoms with Gasteiger partial charge in [-0.2, -0.15) is 5.26 Å². The van der Waals surface area contributed by atoms with Crippen LogP contribution >= 0.6 is 0 Å². The lowest BCUT2D eigenvalue weighted by Gasteiger charge is -2.11. The van der Waals surface area contributed by atoms with Crippen molar-refractivity contribution in [3.05, 3.63) is 95.6 Å². The number of rotatable bonds is 10. The molecule has 0 aliphatic rings. The second-order valence-electron chi connectivity index (χ2n) is 6.97. The number of hydrogen-bond donors (Lipinski definition) is 0. The second-order valence-corrected chi connectivity index (χ2v) is 6.97. The molecule has 1 unspecified atom stereocenters. The quantitative estimate of drug-likeness (QED) is 0.315. The highest BCUT2D eigenvalue weighted by molar-refractivity contribution is 6.01. The Hall–Kier alpha value is -3.78. The maximum absolute atomic E-state index is 9.17. The molecule has 0 saturated carbocycles. The van der Waals surface area contributed by atoms with E-state index in [4.69, 9.17) is 14.3 Å². The van der Waals surface area contributed by atoms with Crippen molar-refractivity contribution in [2.45, 2.75) is 25.9 Å². The molecule has 0 saturated heterocycles. The fourth-order valence-electron chi connectivity index (χ4n) is 3.10. The van der Waals surface area contributed by atoms with Crippen molar-refractivity contribution in [3.8, 4) is 17.6 Å². The number of nitrogens with zero attached hydrogens (tertiary/aromatic N) is 2. The first-order valence-corrected chi connectivity index (χ1v) is 10.2. The van der Waals surface area contributed by atoms with Crippen molar-refractivity contribution in [1.82, 2.24) is 0 Å². The molecule has 158 valence electrons. The third-order valence-corrected chi connectivity index (χ3v) is 4.86. The highest BCUT2D eigenvalue weighted by Crippen LogP contribution is 2.22. The van der Waals surface area contributed by atoms with Crippen LogP contribution in [0.2, 0.25) is 0 Å². The van der Waals surface area contributed by atoms with Gasteiger partial charge in [-0.15, -0.1) is 0 Å². The molecule has 3 aromatic rings. The highest BCUT2D eigenvalue weighted by Gasteiger charge is 2.08. The molecule has 0 heterocycles. The summed E-state index contributed by atoms with van der Waals surface area (Å²) in [4.78, 5) is 4.95. The number of hydrogen-bond acceptors (Lipinski definition) is 5. The SMILES string of the molecule is CCC(C#N)c1ccc(OCc2ccc(OC/C(=N\OC)c3ccccc3)cc2)cc1. The molecule has 0 aromatic heterocycles. The van der Waals surface area contributed by atoms with Crippen LogP contribution in [0.3, 0.4) is 0 Å². The third-order valence-electron chi connectivity index (χ3n) is 4.86. The summed E-state index contributed by atoms with van der Waals surface area (Å²) in [6.45, 7) is 2.77. The normalized spacial score (nSPS) is 12.0. The predicted molar refractivity (Wildman–Crippen MR) is 121 cm³/mol. The zero-order valence-corrected chi connectivity index (χ0v) is 17.8. The zero-order valence-electron chi connectivity index (χ0n) is 17.8. The first kappa shape index (κ1) is 21.9. The number of benzene rings is 3. The summed E-state index contributed by atoms with van der Waals surface area (Å²) in [6, 6.07) is 27.6. The molecular weight excluding hydrogens is 388 g/mol. The summed E-state index contributed by atoms with van der Waals surface area (Å²) in [6.07, 6.45) is 0.801. The van der Waals surface area contributed by atoms with Gasteiger partial charge in [-0.1, -0.05) is 66.7 Å². The average molecular weight is 415 g/mol. The Morgan fingerprint density at radius 1 is 0.903 bits per heavy atom. The summed E-state index contributed by atoms with van der Waals surface area (Å²) in [7, 11) is 1.52. The summed E-state index contributed by atoms with van der Waals surface area (Å²) in [5.41, 5.74) is 3.74. The molecule has 3 aromatic carbocycles. The van der Waals surface area contributed by atoms with Crippen LogP contribution < -0.4 is 9.47 Å². The van der Waals surface area contributed by atoms with Crippen molar-refractivity contribution in [1.29, 1.82) is 5.26 Å². The van der Waals surface area contributed by atoms with Crippen LogP contribution in [0.5, 0.6) is 11.5 Å². The second kappa shape index (κ2) is 11.4. The molecule has 1 atom stereocenters. The van der Waals surface area contributed by atoms with Crippen molar-refractivity contribution in [2.24, 2.45) is 5.16 Å². The molecule has 0 radical (unpaired) electrons. The van der Waals surface area contributed by atoms with Crippen molar-refractivity contribution < 1.29 is 14.3 Å². The number of oxime groups is 1. The van der Waals surface area contributed by atoms with Crippen LogP contribution in [0.25, 0.3) is 0 Å². The first-order valence-electron chi connectivity index (χ1n) is 10.2. The molecule has 0 spiro atoms. The fraction of sp³-hybridized carbons (Fsp3) is 0.231. The van der Waals surface area contributed by atoms with Gasteiger partial charge in [0.25, 0.3) is 0 Å². The molecule has 0 amide bonds. The van der Waals surface area contributed by atoms with Gasteiger partial charge in [-0.05, 0) is 41.8 Å². The van der Waals surface area contributed by atoms with E-state index < -0.39 is 0 Å². The molecule has 0 aliphatic heterocycles. The Labute approximate surface area is 183 Å². The van der Waals surface area contributed by atoms with E-state index in [-0.39, 0.29) is 5.92 Å². The van der Waals surface area contributed by atoms with Crippen LogP contribution in [0, 0.1) is 11.3 Å². The van der Waals surface area contributed by atoms with E-state index in [1.807, 2.05) is 85.8 Å². The van der Waals surface area contributed by atoms with E-state index in [1.54, 1.807) is 0 Å². The molecule has 0 N–H and O–H groups in total. The lowest BCUT2D eigenvalue weighted by molar-refractivity contribution is 0.210. The van der Waals surface area contributed by atoms with Gasteiger partial charge in [0.15, 0.2) is 0 Å². The van der Waals surface area contributed by atoms with Crippen LogP contribution in [0.4, 0.5) is 0 Å². The maximum Gasteiger partial charge on any atom is 0.134 e. The molecule has 5 nitrogen and oxygen atoms in total. The van der Waals surface area contributed by atoms with Crippen LogP contribution in [-0.2, 0) is 11.4 Å². The Balaban J connectivity index is 1.53. The minimum atomic E-state index is -0.0714. The van der Waals surface area contributed by atoms with E-state index in [1.165, 1.54) is 7.11 Å². The first-order chi connectivity index (χ1) is 15.2. The standard InChI is InChI=1S/C26H26N2O3/c1-3-21(17-27)22-11-15-25(16-12-22)30-18-20-9-13-24(14-10-20)31-19-26(28-29-2)23-7-5-4-6-8-23/h4-16,21H,3,18-19H2,1-2H3/b28-26+. The molecule has 3 rings (SSSR count). The Morgan fingerprint density at radius 2 is 1.55 bits per heavy atom. The largest absolute Gasteiger partial charge is 0.489 e. The van der Waals surface area contributed by atoms with Gasteiger partial charge in [0.2, 0.25) is 0 Å². The van der Waals surface area contributed by atoms with E-state index >= 15 is 0 Å². The summed E-state index contributed by atoms with van der Waals surface area (Å²) in [5, 5.41) is 13.2. The van der Waals surface area contributed by atoms with Gasteiger partial charge in [-0.25, -0.2) is 0 Å². The Bertz CT molecular complexity index is 1010. The van der Waals surface area contributed by atoms with E-state index in [0.717, 1.165) is 40.3 Å². The Kier molecular flexibility index (Phi) is 8.07. The smallest absolute Gasteiger partial charge is 0.134 e. The van der Waals surface area contributed by atoms with Crippen LogP contribution in [-0.4, -0.2) is 19.4 Å². The van der Waals surface area contributed by atoms with E-state index in [9.17, 15) is 5.26 Å². The fourth-order valence-corrected chi connectivity index (χ4v) is 3.10. The van der Waals surface area contributed by atoms with E-state index in [0.29, 0.717) is 13.2 Å². The topological polar surface area (TPSA) is 63.8 Å². The summed E-state index contributed by atoms with van der Waals surface area (Å²) < 4.78 is 11.7. The monoisotopic (exact) mass is 414 g/mol. The highest BCUT2D eigenvalue weighted by atomic mass is 16.6. The maximum atomic E-state index is 9.17. The van der Waals surface area contributed by atoms with Crippen molar-refractivity contribution >= 4 is 5.71 Å². The lowest BCUT2D eigenvalue weighted by Crippen LogP contribution is -2.13. The minimum Gasteiger partial charge on any atom is -0.489 e. The summed E-state index contributed by atoms with van der Waals surface area (Å²) in [5.74, 6) is 1.45. The zero-order chi connectivity index (χ0) is 21.9. The van der Waals surface area contributed by atoms with Crippen molar-refractivity contribution in [3.63, 3.8) is 0 Å². The molecule has 0 fully saturated rings. The van der Waals surface area contributed by atoms with Gasteiger partial charge in [0.1, 0.15) is 37.5 Å². The van der Waals surface area contributed by atoms with E-state index in [2.05, 4.69) is 11.2 Å². The predicted octanol–water partition coefficient (Wildman–Crippen LogP) is 5.71. The molecule has 5 heteroatoms. The van der Waals surface area contributed by atoms with Crippen LogP contribution in [0.1, 0.15) is 36.0 Å². The third kappa shape index (κ3) is 6.35. The van der Waals surface area contributed by atoms with Gasteiger partial charge < -0.3 is 14.3 Å². The number of ether oxygens (including phenoxy) is 2. The molecule has 0 bridgehead atoms. The van der Waals surface area contributed by atoms with Gasteiger partial charge >= 0.3 is 0 Å². The van der Waals surface area contributed by atoms with Gasteiger partial charge in [0.05, 0.1) is 12.0 Å². The van der Waals surface area contributed by atoms with Gasteiger partial charge in [0, 0.05) is 5.56 Å². The van der Waals surface area contributed by atoms with Crippen molar-refractivity contribution in [2.75, 3.05) is 13.7 Å². The average Bonchev–Trinajstić information content (AvgIpc) is 2.83. The minimum absolute atomic E-state index is 0.0714. The van der Waals surface area contributed by atoms with Gasteiger partial charge in [-0.3, -0.25) is 0 Å². The Morgan fingerprint density at radius 3 is 2.16 bits per heavy atom. The molecule has 31 heavy (non-hydrogen) atoms.